The third-order valence-electron chi connectivity index (χ3n) is 2.02. The summed E-state index contributed by atoms with van der Waals surface area (Å²) < 4.78 is 9.70. The second-order valence-corrected chi connectivity index (χ2v) is 3.57. The van der Waals surface area contributed by atoms with Crippen molar-refractivity contribution in [2.24, 2.45) is 0 Å². The summed E-state index contributed by atoms with van der Waals surface area (Å²) in [5.74, 6) is -1.37. The molecule has 0 aromatic heterocycles. The number of carbonyl (C=O) groups excluding carboxylic acids is 2. The normalized spacial score (nSPS) is 9.67. The molecule has 1 aromatic rings. The SMILES string of the molecule is C=C(C)C(=O)Oc1ccc(O)c(C(=O)OCC)c1. The molecule has 0 heterocycles. The highest BCUT2D eigenvalue weighted by Crippen LogP contribution is 2.24. The van der Waals surface area contributed by atoms with Crippen LogP contribution >= 0.6 is 0 Å². The number of phenols is 1. The molecule has 1 N–H and O–H groups in total. The van der Waals surface area contributed by atoms with Crippen molar-refractivity contribution in [1.82, 2.24) is 0 Å². The third-order valence-corrected chi connectivity index (χ3v) is 2.02. The van der Waals surface area contributed by atoms with Gasteiger partial charge in [0.2, 0.25) is 0 Å². The lowest BCUT2D eigenvalue weighted by molar-refractivity contribution is -0.130. The van der Waals surface area contributed by atoms with Crippen LogP contribution in [-0.4, -0.2) is 23.7 Å². The molecule has 0 aliphatic heterocycles. The number of aromatic hydroxyl groups is 1. The molecule has 5 heteroatoms. The molecule has 0 radical (unpaired) electrons. The highest BCUT2D eigenvalue weighted by atomic mass is 16.5. The van der Waals surface area contributed by atoms with Gasteiger partial charge in [0.05, 0.1) is 6.61 Å². The minimum atomic E-state index is -0.678. The zero-order chi connectivity index (χ0) is 13.7. The van der Waals surface area contributed by atoms with Crippen molar-refractivity contribution in [2.45, 2.75) is 13.8 Å². The lowest BCUT2D eigenvalue weighted by Crippen LogP contribution is -2.10. The fraction of sp³-hybridized carbons (Fsp3) is 0.231. The molecule has 0 amide bonds. The molecular formula is C13H14O5. The average Bonchev–Trinajstić information content (AvgIpc) is 2.31. The Morgan fingerprint density at radius 2 is 2.06 bits per heavy atom. The van der Waals surface area contributed by atoms with Crippen LogP contribution in [0, 0.1) is 0 Å². The van der Waals surface area contributed by atoms with Gasteiger partial charge in [0.1, 0.15) is 17.1 Å². The van der Waals surface area contributed by atoms with E-state index in [1.165, 1.54) is 25.1 Å². The topological polar surface area (TPSA) is 72.8 Å². The van der Waals surface area contributed by atoms with Crippen molar-refractivity contribution in [1.29, 1.82) is 0 Å². The molecule has 0 bridgehead atoms. The molecule has 0 aliphatic carbocycles. The van der Waals surface area contributed by atoms with Gasteiger partial charge in [0.25, 0.3) is 0 Å². The predicted molar refractivity (Wildman–Crippen MR) is 64.5 cm³/mol. The van der Waals surface area contributed by atoms with Gasteiger partial charge in [0.15, 0.2) is 0 Å². The van der Waals surface area contributed by atoms with E-state index in [1.54, 1.807) is 6.92 Å². The Hall–Kier alpha value is -2.30. The fourth-order valence-electron chi connectivity index (χ4n) is 1.15. The van der Waals surface area contributed by atoms with Crippen LogP contribution in [0.4, 0.5) is 0 Å². The van der Waals surface area contributed by atoms with E-state index in [2.05, 4.69) is 6.58 Å². The molecule has 0 fully saturated rings. The molecule has 0 aliphatic rings. The number of carbonyl (C=O) groups is 2. The number of hydrogen-bond donors (Lipinski definition) is 1. The number of rotatable bonds is 4. The first kappa shape index (κ1) is 13.8. The summed E-state index contributed by atoms with van der Waals surface area (Å²) in [4.78, 5) is 22.8. The van der Waals surface area contributed by atoms with Gasteiger partial charge in [-0.3, -0.25) is 0 Å². The highest BCUT2D eigenvalue weighted by molar-refractivity contribution is 5.93. The first-order valence-electron chi connectivity index (χ1n) is 5.33. The standard InChI is InChI=1S/C13H14O5/c1-4-17-13(16)10-7-9(5-6-11(10)14)18-12(15)8(2)3/h5-7,14H,2,4H2,1,3H3. The molecule has 5 nitrogen and oxygen atoms in total. The van der Waals surface area contributed by atoms with E-state index in [0.29, 0.717) is 0 Å². The molecule has 0 unspecified atom stereocenters. The predicted octanol–water partition coefficient (Wildman–Crippen LogP) is 2.05. The second-order valence-electron chi connectivity index (χ2n) is 3.57. The van der Waals surface area contributed by atoms with Crippen LogP contribution in [-0.2, 0) is 9.53 Å². The monoisotopic (exact) mass is 250 g/mol. The van der Waals surface area contributed by atoms with Crippen LogP contribution in [0.3, 0.4) is 0 Å². The zero-order valence-electron chi connectivity index (χ0n) is 10.2. The number of phenolic OH excluding ortho intramolecular Hbond substituents is 1. The molecular weight excluding hydrogens is 236 g/mol. The maximum absolute atomic E-state index is 11.5. The van der Waals surface area contributed by atoms with Crippen LogP contribution in [0.15, 0.2) is 30.4 Å². The second kappa shape index (κ2) is 5.86. The van der Waals surface area contributed by atoms with Crippen molar-refractivity contribution in [2.75, 3.05) is 6.61 Å². The first-order chi connectivity index (χ1) is 8.45. The number of ether oxygens (including phenoxy) is 2. The van der Waals surface area contributed by atoms with Gasteiger partial charge in [0, 0.05) is 5.57 Å². The summed E-state index contributed by atoms with van der Waals surface area (Å²) in [6.45, 7) is 6.79. The van der Waals surface area contributed by atoms with Gasteiger partial charge in [-0.25, -0.2) is 9.59 Å². The van der Waals surface area contributed by atoms with Gasteiger partial charge < -0.3 is 14.6 Å². The average molecular weight is 250 g/mol. The quantitative estimate of drug-likeness (QED) is 0.503. The lowest BCUT2D eigenvalue weighted by Gasteiger charge is -2.07. The fourth-order valence-corrected chi connectivity index (χ4v) is 1.15. The van der Waals surface area contributed by atoms with Crippen molar-refractivity contribution < 1.29 is 24.2 Å². The zero-order valence-corrected chi connectivity index (χ0v) is 10.2. The molecule has 96 valence electrons. The van der Waals surface area contributed by atoms with Crippen molar-refractivity contribution in [3.8, 4) is 11.5 Å². The molecule has 0 saturated carbocycles. The van der Waals surface area contributed by atoms with Gasteiger partial charge in [-0.15, -0.1) is 0 Å². The van der Waals surface area contributed by atoms with E-state index in [1.807, 2.05) is 0 Å². The van der Waals surface area contributed by atoms with E-state index < -0.39 is 11.9 Å². The van der Waals surface area contributed by atoms with Crippen molar-refractivity contribution in [3.05, 3.63) is 35.9 Å². The largest absolute Gasteiger partial charge is 0.507 e. The Kier molecular flexibility index (Phi) is 4.48. The van der Waals surface area contributed by atoms with Gasteiger partial charge >= 0.3 is 11.9 Å². The molecule has 18 heavy (non-hydrogen) atoms. The third kappa shape index (κ3) is 3.35. The minimum Gasteiger partial charge on any atom is -0.507 e. The lowest BCUT2D eigenvalue weighted by atomic mass is 10.2. The molecule has 0 saturated heterocycles. The maximum atomic E-state index is 11.5. The Morgan fingerprint density at radius 3 is 2.61 bits per heavy atom. The van der Waals surface area contributed by atoms with E-state index >= 15 is 0 Å². The molecule has 1 aromatic carbocycles. The van der Waals surface area contributed by atoms with Gasteiger partial charge in [-0.05, 0) is 32.0 Å². The summed E-state index contributed by atoms with van der Waals surface area (Å²) >= 11 is 0. The summed E-state index contributed by atoms with van der Waals surface area (Å²) in [5, 5.41) is 9.52. The van der Waals surface area contributed by atoms with E-state index in [0.717, 1.165) is 0 Å². The smallest absolute Gasteiger partial charge is 0.342 e. The Labute approximate surface area is 105 Å². The summed E-state index contributed by atoms with van der Waals surface area (Å²) in [5.41, 5.74) is 0.185. The Balaban J connectivity index is 2.97. The van der Waals surface area contributed by atoms with E-state index in [9.17, 15) is 14.7 Å². The molecule has 1 rings (SSSR count). The molecule has 0 atom stereocenters. The summed E-state index contributed by atoms with van der Waals surface area (Å²) in [6.07, 6.45) is 0. The maximum Gasteiger partial charge on any atom is 0.342 e. The minimum absolute atomic E-state index is 0.0520. The highest BCUT2D eigenvalue weighted by Gasteiger charge is 2.15. The van der Waals surface area contributed by atoms with E-state index in [4.69, 9.17) is 9.47 Å². The summed E-state index contributed by atoms with van der Waals surface area (Å²) in [7, 11) is 0. The first-order valence-corrected chi connectivity index (χ1v) is 5.33. The van der Waals surface area contributed by atoms with Crippen LogP contribution in [0.25, 0.3) is 0 Å². The van der Waals surface area contributed by atoms with Crippen LogP contribution in [0.1, 0.15) is 24.2 Å². The van der Waals surface area contributed by atoms with Crippen molar-refractivity contribution >= 4 is 11.9 Å². The van der Waals surface area contributed by atoms with Crippen LogP contribution < -0.4 is 4.74 Å². The molecule has 0 spiro atoms. The summed E-state index contributed by atoms with van der Waals surface area (Å²) in [6, 6.07) is 3.88. The van der Waals surface area contributed by atoms with Crippen molar-refractivity contribution in [3.63, 3.8) is 0 Å². The van der Waals surface area contributed by atoms with Crippen LogP contribution in [0.2, 0.25) is 0 Å². The number of benzene rings is 1. The van der Waals surface area contributed by atoms with E-state index in [-0.39, 0.29) is 29.2 Å². The van der Waals surface area contributed by atoms with Gasteiger partial charge in [-0.2, -0.15) is 0 Å². The van der Waals surface area contributed by atoms with Gasteiger partial charge in [-0.1, -0.05) is 6.58 Å². The van der Waals surface area contributed by atoms with Crippen LogP contribution in [0.5, 0.6) is 11.5 Å². The Bertz CT molecular complexity index is 490. The number of esters is 2. The number of hydrogen-bond acceptors (Lipinski definition) is 5. The Morgan fingerprint density at radius 1 is 1.39 bits per heavy atom.